The van der Waals surface area contributed by atoms with Crippen LogP contribution in [0.5, 0.6) is 0 Å². The van der Waals surface area contributed by atoms with E-state index in [0.717, 1.165) is 0 Å². The summed E-state index contributed by atoms with van der Waals surface area (Å²) in [6.07, 6.45) is 2.82. The van der Waals surface area contributed by atoms with E-state index in [4.69, 9.17) is 10.2 Å². The molecule has 0 spiro atoms. The maximum Gasteiger partial charge on any atom is 0.297 e. The highest BCUT2D eigenvalue weighted by Gasteiger charge is 2.14. The zero-order valence-electron chi connectivity index (χ0n) is 7.95. The molecule has 0 aromatic carbocycles. The highest BCUT2D eigenvalue weighted by molar-refractivity contribution is 5.96. The second kappa shape index (κ2) is 4.26. The number of hydrazone groups is 1. The Morgan fingerprint density at radius 2 is 2.44 bits per heavy atom. The number of aromatic nitrogens is 2. The van der Waals surface area contributed by atoms with Crippen LogP contribution in [-0.4, -0.2) is 22.4 Å². The van der Waals surface area contributed by atoms with E-state index in [0.29, 0.717) is 5.76 Å². The van der Waals surface area contributed by atoms with Crippen LogP contribution in [0.15, 0.2) is 32.5 Å². The van der Waals surface area contributed by atoms with Crippen molar-refractivity contribution in [2.75, 3.05) is 5.73 Å². The molecule has 0 bridgehead atoms. The third kappa shape index (κ3) is 2.05. The number of hydrogen-bond donors (Lipinski definition) is 2. The zero-order chi connectivity index (χ0) is 11.4. The van der Waals surface area contributed by atoms with E-state index in [9.17, 15) is 4.79 Å². The summed E-state index contributed by atoms with van der Waals surface area (Å²) in [5, 5.41) is 10.2. The van der Waals surface area contributed by atoms with E-state index in [-0.39, 0.29) is 11.5 Å². The van der Waals surface area contributed by atoms with Crippen LogP contribution in [0.25, 0.3) is 0 Å². The van der Waals surface area contributed by atoms with Gasteiger partial charge in [-0.25, -0.2) is 10.1 Å². The zero-order valence-corrected chi connectivity index (χ0v) is 7.95. The highest BCUT2D eigenvalue weighted by Crippen LogP contribution is 2.02. The summed E-state index contributed by atoms with van der Waals surface area (Å²) < 4.78 is 9.22. The molecule has 0 radical (unpaired) electrons. The van der Waals surface area contributed by atoms with Crippen LogP contribution in [-0.2, 0) is 0 Å². The van der Waals surface area contributed by atoms with Gasteiger partial charge in [0.05, 0.1) is 12.5 Å². The van der Waals surface area contributed by atoms with Crippen LogP contribution in [0.3, 0.4) is 0 Å². The van der Waals surface area contributed by atoms with Crippen molar-refractivity contribution in [1.29, 1.82) is 0 Å². The smallest absolute Gasteiger partial charge is 0.297 e. The SMILES string of the molecule is Nc1nonc1C(=O)NN=Cc1ccco1. The molecule has 1 amide bonds. The fraction of sp³-hybridized carbons (Fsp3) is 0. The van der Waals surface area contributed by atoms with E-state index >= 15 is 0 Å². The minimum absolute atomic E-state index is 0.0919. The van der Waals surface area contributed by atoms with Crippen molar-refractivity contribution in [2.45, 2.75) is 0 Å². The summed E-state index contributed by atoms with van der Waals surface area (Å²) in [6, 6.07) is 3.38. The van der Waals surface area contributed by atoms with Gasteiger partial charge in [0.15, 0.2) is 0 Å². The first-order valence-corrected chi connectivity index (χ1v) is 4.22. The van der Waals surface area contributed by atoms with E-state index < -0.39 is 5.91 Å². The van der Waals surface area contributed by atoms with Gasteiger partial charge in [0.1, 0.15) is 5.76 Å². The number of rotatable bonds is 3. The summed E-state index contributed by atoms with van der Waals surface area (Å²) in [4.78, 5) is 11.4. The number of carbonyl (C=O) groups excluding carboxylic acids is 1. The molecular formula is C8H7N5O3. The molecule has 16 heavy (non-hydrogen) atoms. The lowest BCUT2D eigenvalue weighted by Gasteiger charge is -1.93. The average Bonchev–Trinajstić information content (AvgIpc) is 2.88. The van der Waals surface area contributed by atoms with Crippen LogP contribution in [0.4, 0.5) is 5.82 Å². The Bertz CT molecular complexity index is 501. The third-order valence-electron chi connectivity index (χ3n) is 1.63. The van der Waals surface area contributed by atoms with Crippen LogP contribution in [0.1, 0.15) is 16.2 Å². The Balaban J connectivity index is 1.97. The van der Waals surface area contributed by atoms with E-state index in [1.54, 1.807) is 12.1 Å². The van der Waals surface area contributed by atoms with Crippen LogP contribution < -0.4 is 11.2 Å². The van der Waals surface area contributed by atoms with Crippen molar-refractivity contribution in [3.63, 3.8) is 0 Å². The molecule has 0 saturated carbocycles. The number of nitrogen functional groups attached to an aromatic ring is 1. The number of hydrogen-bond acceptors (Lipinski definition) is 7. The van der Waals surface area contributed by atoms with Crippen molar-refractivity contribution < 1.29 is 13.8 Å². The van der Waals surface area contributed by atoms with E-state index in [1.807, 2.05) is 0 Å². The van der Waals surface area contributed by atoms with Gasteiger partial charge in [0, 0.05) is 0 Å². The quantitative estimate of drug-likeness (QED) is 0.556. The first-order chi connectivity index (χ1) is 7.77. The Kier molecular flexibility index (Phi) is 2.63. The molecule has 0 atom stereocenters. The standard InChI is InChI=1S/C8H7N5O3/c9-7-6(12-16-13-7)8(14)11-10-4-5-2-1-3-15-5/h1-4H,(H2,9,13)(H,11,14). The van der Waals surface area contributed by atoms with E-state index in [1.165, 1.54) is 12.5 Å². The maximum absolute atomic E-state index is 11.4. The number of carbonyl (C=O) groups is 1. The second-order valence-electron chi connectivity index (χ2n) is 2.71. The van der Waals surface area contributed by atoms with Gasteiger partial charge < -0.3 is 10.2 Å². The monoisotopic (exact) mass is 221 g/mol. The minimum Gasteiger partial charge on any atom is -0.463 e. The lowest BCUT2D eigenvalue weighted by atomic mass is 10.4. The van der Waals surface area contributed by atoms with Crippen LogP contribution in [0, 0.1) is 0 Å². The number of amides is 1. The fourth-order valence-electron chi connectivity index (χ4n) is 0.925. The highest BCUT2D eigenvalue weighted by atomic mass is 16.6. The molecule has 0 aliphatic rings. The van der Waals surface area contributed by atoms with Gasteiger partial charge in [-0.15, -0.1) is 0 Å². The number of furan rings is 1. The van der Waals surface area contributed by atoms with Gasteiger partial charge in [0.2, 0.25) is 11.5 Å². The first-order valence-electron chi connectivity index (χ1n) is 4.22. The van der Waals surface area contributed by atoms with Crippen molar-refractivity contribution in [1.82, 2.24) is 15.7 Å². The molecule has 0 unspecified atom stereocenters. The molecule has 2 heterocycles. The molecule has 2 aromatic heterocycles. The Morgan fingerprint density at radius 3 is 3.06 bits per heavy atom. The minimum atomic E-state index is -0.610. The van der Waals surface area contributed by atoms with Gasteiger partial charge >= 0.3 is 0 Å². The molecule has 0 saturated heterocycles. The van der Waals surface area contributed by atoms with Gasteiger partial charge in [-0.1, -0.05) is 0 Å². The summed E-state index contributed by atoms with van der Waals surface area (Å²) in [7, 11) is 0. The third-order valence-corrected chi connectivity index (χ3v) is 1.63. The predicted molar refractivity (Wildman–Crippen MR) is 52.5 cm³/mol. The lowest BCUT2D eigenvalue weighted by molar-refractivity contribution is 0.0946. The lowest BCUT2D eigenvalue weighted by Crippen LogP contribution is -2.19. The van der Waals surface area contributed by atoms with E-state index in [2.05, 4.69) is 25.5 Å². The van der Waals surface area contributed by atoms with Gasteiger partial charge in [-0.05, 0) is 22.4 Å². The van der Waals surface area contributed by atoms with Gasteiger partial charge in [0.25, 0.3) is 5.91 Å². The average molecular weight is 221 g/mol. The van der Waals surface area contributed by atoms with Gasteiger partial charge in [-0.3, -0.25) is 4.79 Å². The van der Waals surface area contributed by atoms with Crippen molar-refractivity contribution in [2.24, 2.45) is 5.10 Å². The van der Waals surface area contributed by atoms with Crippen molar-refractivity contribution in [3.05, 3.63) is 29.9 Å². The van der Waals surface area contributed by atoms with Crippen molar-refractivity contribution >= 4 is 17.9 Å². The normalized spacial score (nSPS) is 10.8. The summed E-state index contributed by atoms with van der Waals surface area (Å²) in [6.45, 7) is 0. The predicted octanol–water partition coefficient (Wildman–Crippen LogP) is 0.00870. The Hall–Kier alpha value is -2.64. The van der Waals surface area contributed by atoms with Crippen molar-refractivity contribution in [3.8, 4) is 0 Å². The molecule has 0 fully saturated rings. The molecule has 8 nitrogen and oxygen atoms in total. The van der Waals surface area contributed by atoms with Crippen LogP contribution in [0.2, 0.25) is 0 Å². The summed E-state index contributed by atoms with van der Waals surface area (Å²) in [5.74, 6) is -0.196. The largest absolute Gasteiger partial charge is 0.463 e. The van der Waals surface area contributed by atoms with Crippen LogP contribution >= 0.6 is 0 Å². The Morgan fingerprint density at radius 1 is 1.56 bits per heavy atom. The molecule has 3 N–H and O–H groups in total. The maximum atomic E-state index is 11.4. The Labute approximate surface area is 89.1 Å². The molecule has 2 aromatic rings. The summed E-state index contributed by atoms with van der Waals surface area (Å²) in [5.41, 5.74) is 7.39. The first kappa shape index (κ1) is 9.90. The molecule has 82 valence electrons. The molecule has 0 aliphatic carbocycles. The molecule has 2 rings (SSSR count). The molecule has 8 heteroatoms. The number of anilines is 1. The number of nitrogens with zero attached hydrogens (tertiary/aromatic N) is 3. The number of nitrogens with two attached hydrogens (primary N) is 1. The van der Waals surface area contributed by atoms with Gasteiger partial charge in [-0.2, -0.15) is 5.10 Å². The second-order valence-corrected chi connectivity index (χ2v) is 2.71. The fourth-order valence-corrected chi connectivity index (χ4v) is 0.925. The number of nitrogens with one attached hydrogen (secondary N) is 1. The molecular weight excluding hydrogens is 214 g/mol. The summed E-state index contributed by atoms with van der Waals surface area (Å²) >= 11 is 0. The molecule has 0 aliphatic heterocycles. The topological polar surface area (TPSA) is 120 Å².